The number of carbonyl (C=O) groups is 2. The number of aliphatic hydroxyl groups is 1. The Bertz CT molecular complexity index is 655. The van der Waals surface area contributed by atoms with Crippen molar-refractivity contribution in [1.82, 2.24) is 4.90 Å². The van der Waals surface area contributed by atoms with Crippen LogP contribution in [0.15, 0.2) is 18.2 Å². The minimum atomic E-state index is -0.865. The number of hydrogen-bond acceptors (Lipinski definition) is 4. The lowest BCUT2D eigenvalue weighted by Crippen LogP contribution is -2.44. The summed E-state index contributed by atoms with van der Waals surface area (Å²) in [6.07, 6.45) is 4.88. The molecule has 6 heteroatoms. The topological polar surface area (TPSA) is 87.1 Å². The Hall–Kier alpha value is -1.92. The molecule has 0 aromatic heterocycles. The maximum Gasteiger partial charge on any atom is 0.305 e. The van der Waals surface area contributed by atoms with Crippen LogP contribution >= 0.6 is 0 Å². The van der Waals surface area contributed by atoms with Gasteiger partial charge in [0.25, 0.3) is 0 Å². The molecule has 1 aromatic rings. The number of aliphatic hydroxyl groups excluding tert-OH is 1. The highest BCUT2D eigenvalue weighted by molar-refractivity contribution is 5.77. The fourth-order valence-electron chi connectivity index (χ4n) is 4.14. The molecule has 1 heterocycles. The second-order valence-corrected chi connectivity index (χ2v) is 8.17. The number of amides is 1. The van der Waals surface area contributed by atoms with Gasteiger partial charge in [-0.25, -0.2) is 0 Å². The minimum absolute atomic E-state index is 0.00359. The fraction of sp³-hybridized carbons (Fsp3) is 0.652. The molecule has 0 spiro atoms. The van der Waals surface area contributed by atoms with Crippen LogP contribution in [0.5, 0.6) is 0 Å². The normalized spacial score (nSPS) is 18.1. The fourth-order valence-corrected chi connectivity index (χ4v) is 4.14. The number of aryl methyl sites for hydroxylation is 2. The minimum Gasteiger partial charge on any atom is -0.481 e. The largest absolute Gasteiger partial charge is 0.481 e. The van der Waals surface area contributed by atoms with Gasteiger partial charge in [0.2, 0.25) is 5.91 Å². The van der Waals surface area contributed by atoms with Crippen LogP contribution in [0.4, 0.5) is 0 Å². The number of benzene rings is 1. The van der Waals surface area contributed by atoms with E-state index in [1.165, 1.54) is 11.1 Å². The number of piperidine rings is 1. The van der Waals surface area contributed by atoms with Crippen molar-refractivity contribution in [1.29, 1.82) is 0 Å². The van der Waals surface area contributed by atoms with E-state index in [1.807, 2.05) is 4.90 Å². The molecule has 2 atom stereocenters. The number of nitrogens with zero attached hydrogens (tertiary/aromatic N) is 1. The number of likely N-dealkylation sites (tertiary alicyclic amines) is 1. The molecule has 6 nitrogen and oxygen atoms in total. The summed E-state index contributed by atoms with van der Waals surface area (Å²) in [4.78, 5) is 24.8. The van der Waals surface area contributed by atoms with Crippen molar-refractivity contribution < 1.29 is 24.5 Å². The van der Waals surface area contributed by atoms with E-state index in [1.54, 1.807) is 0 Å². The molecule has 1 saturated heterocycles. The highest BCUT2D eigenvalue weighted by Crippen LogP contribution is 2.23. The average Bonchev–Trinajstić information content (AvgIpc) is 2.63. The van der Waals surface area contributed by atoms with E-state index < -0.39 is 12.1 Å². The quantitative estimate of drug-likeness (QED) is 0.521. The third-order valence-corrected chi connectivity index (χ3v) is 5.42. The van der Waals surface area contributed by atoms with Gasteiger partial charge in [-0.2, -0.15) is 0 Å². The van der Waals surface area contributed by atoms with Crippen molar-refractivity contribution in [2.75, 3.05) is 19.8 Å². The van der Waals surface area contributed by atoms with Crippen molar-refractivity contribution in [3.63, 3.8) is 0 Å². The zero-order chi connectivity index (χ0) is 21.2. The lowest BCUT2D eigenvalue weighted by molar-refractivity contribution is -0.138. The molecular formula is C23H35NO5. The number of rotatable bonds is 12. The monoisotopic (exact) mass is 405 g/mol. The van der Waals surface area contributed by atoms with Crippen LogP contribution in [0.3, 0.4) is 0 Å². The summed E-state index contributed by atoms with van der Waals surface area (Å²) in [7, 11) is 0. The first-order chi connectivity index (χ1) is 13.8. The Balaban J connectivity index is 1.77. The molecule has 1 fully saturated rings. The predicted octanol–water partition coefficient (Wildman–Crippen LogP) is 3.25. The van der Waals surface area contributed by atoms with Crippen LogP contribution < -0.4 is 0 Å². The molecule has 29 heavy (non-hydrogen) atoms. The van der Waals surface area contributed by atoms with Gasteiger partial charge in [-0.05, 0) is 57.9 Å². The Kier molecular flexibility index (Phi) is 9.61. The molecule has 0 bridgehead atoms. The van der Waals surface area contributed by atoms with Crippen molar-refractivity contribution in [2.24, 2.45) is 0 Å². The molecule has 2 N–H and O–H groups in total. The van der Waals surface area contributed by atoms with Gasteiger partial charge in [-0.1, -0.05) is 29.3 Å². The van der Waals surface area contributed by atoms with Gasteiger partial charge in [-0.15, -0.1) is 0 Å². The molecule has 0 radical (unpaired) electrons. The third-order valence-electron chi connectivity index (χ3n) is 5.42. The summed E-state index contributed by atoms with van der Waals surface area (Å²) in [5, 5.41) is 19.1. The molecule has 162 valence electrons. The molecule has 1 unspecified atom stereocenters. The predicted molar refractivity (Wildman–Crippen MR) is 112 cm³/mol. The van der Waals surface area contributed by atoms with E-state index in [0.29, 0.717) is 38.8 Å². The number of hydrogen-bond donors (Lipinski definition) is 2. The number of carboxylic acids is 1. The lowest BCUT2D eigenvalue weighted by atomic mass is 9.94. The number of carbonyl (C=O) groups excluding carboxylic acids is 1. The highest BCUT2D eigenvalue weighted by Gasteiger charge is 2.27. The summed E-state index contributed by atoms with van der Waals surface area (Å²) < 4.78 is 5.33. The molecule has 0 saturated carbocycles. The number of ether oxygens (including phenoxy) is 1. The van der Waals surface area contributed by atoms with Crippen molar-refractivity contribution >= 4 is 11.9 Å². The van der Waals surface area contributed by atoms with Gasteiger partial charge in [0.05, 0.1) is 19.1 Å². The first-order valence-electron chi connectivity index (χ1n) is 10.7. The van der Waals surface area contributed by atoms with E-state index in [9.17, 15) is 14.7 Å². The van der Waals surface area contributed by atoms with E-state index in [4.69, 9.17) is 9.84 Å². The smallest absolute Gasteiger partial charge is 0.305 e. The first kappa shape index (κ1) is 23.4. The van der Waals surface area contributed by atoms with Crippen molar-refractivity contribution in [3.05, 3.63) is 34.9 Å². The molecule has 1 aliphatic rings. The van der Waals surface area contributed by atoms with E-state index >= 15 is 0 Å². The SMILES string of the molecule is Cc1cc(C)cc(CC(O)CC[C@H]2CCCC(=O)N2CCCOCCC(=O)O)c1. The Morgan fingerprint density at radius 2 is 1.97 bits per heavy atom. The van der Waals surface area contributed by atoms with Crippen LogP contribution in [-0.4, -0.2) is 58.9 Å². The molecule has 2 rings (SSSR count). The molecule has 1 aromatic carbocycles. The number of carboxylic acid groups (broad SMARTS) is 1. The van der Waals surface area contributed by atoms with Gasteiger partial charge < -0.3 is 19.8 Å². The zero-order valence-corrected chi connectivity index (χ0v) is 17.7. The maximum atomic E-state index is 12.4. The van der Waals surface area contributed by atoms with Crippen LogP contribution in [0, 0.1) is 13.8 Å². The molecular weight excluding hydrogens is 370 g/mol. The van der Waals surface area contributed by atoms with Gasteiger partial charge in [0.1, 0.15) is 0 Å². The van der Waals surface area contributed by atoms with E-state index in [0.717, 1.165) is 24.8 Å². The molecule has 0 aliphatic carbocycles. The Morgan fingerprint density at radius 3 is 2.66 bits per heavy atom. The summed E-state index contributed by atoms with van der Waals surface area (Å²) in [5.41, 5.74) is 3.58. The van der Waals surface area contributed by atoms with Crippen LogP contribution in [0.25, 0.3) is 0 Å². The Morgan fingerprint density at radius 1 is 1.24 bits per heavy atom. The molecule has 1 aliphatic heterocycles. The van der Waals surface area contributed by atoms with Crippen LogP contribution in [-0.2, 0) is 20.7 Å². The standard InChI is InChI=1S/C23H35NO5/c1-17-13-18(2)15-19(14-17)16-21(25)8-7-20-5-3-6-22(26)24(20)10-4-11-29-12-9-23(27)28/h13-15,20-21,25H,3-12,16H2,1-2H3,(H,27,28)/t20-,21?/m1/s1. The summed E-state index contributed by atoms with van der Waals surface area (Å²) in [6.45, 7) is 5.43. The second-order valence-electron chi connectivity index (χ2n) is 8.17. The summed E-state index contributed by atoms with van der Waals surface area (Å²) >= 11 is 0. The Labute approximate surface area is 173 Å². The van der Waals surface area contributed by atoms with Gasteiger partial charge >= 0.3 is 5.97 Å². The van der Waals surface area contributed by atoms with Crippen molar-refractivity contribution in [3.8, 4) is 0 Å². The van der Waals surface area contributed by atoms with Gasteiger partial charge in [-0.3, -0.25) is 9.59 Å². The lowest BCUT2D eigenvalue weighted by Gasteiger charge is -2.36. The first-order valence-corrected chi connectivity index (χ1v) is 10.7. The third kappa shape index (κ3) is 8.54. The van der Waals surface area contributed by atoms with Gasteiger partial charge in [0, 0.05) is 25.6 Å². The van der Waals surface area contributed by atoms with Crippen LogP contribution in [0.2, 0.25) is 0 Å². The van der Waals surface area contributed by atoms with Gasteiger partial charge in [0.15, 0.2) is 0 Å². The van der Waals surface area contributed by atoms with E-state index in [2.05, 4.69) is 32.0 Å². The van der Waals surface area contributed by atoms with Crippen molar-refractivity contribution in [2.45, 2.75) is 77.4 Å². The highest BCUT2D eigenvalue weighted by atomic mass is 16.5. The van der Waals surface area contributed by atoms with Crippen LogP contribution in [0.1, 0.15) is 61.6 Å². The maximum absolute atomic E-state index is 12.4. The van der Waals surface area contributed by atoms with E-state index in [-0.39, 0.29) is 25.0 Å². The zero-order valence-electron chi connectivity index (χ0n) is 17.7. The summed E-state index contributed by atoms with van der Waals surface area (Å²) in [5.74, 6) is -0.689. The second kappa shape index (κ2) is 11.9. The average molecular weight is 406 g/mol. The molecule has 1 amide bonds. The summed E-state index contributed by atoms with van der Waals surface area (Å²) in [6, 6.07) is 6.55. The number of aliphatic carboxylic acids is 1.